The normalized spacial score (nSPS) is 18.6. The van der Waals surface area contributed by atoms with Crippen LogP contribution in [-0.4, -0.2) is 18.9 Å². The highest BCUT2D eigenvalue weighted by atomic mass is 16.5. The van der Waals surface area contributed by atoms with Crippen LogP contribution >= 0.6 is 0 Å². The third-order valence-corrected chi connectivity index (χ3v) is 6.21. The van der Waals surface area contributed by atoms with E-state index in [4.69, 9.17) is 9.73 Å². The molecular weight excluding hydrogens is 370 g/mol. The summed E-state index contributed by atoms with van der Waals surface area (Å²) in [5, 5.41) is 7.19. The van der Waals surface area contributed by atoms with Gasteiger partial charge in [0.1, 0.15) is 17.3 Å². The lowest BCUT2D eigenvalue weighted by molar-refractivity contribution is 0.293. The van der Waals surface area contributed by atoms with Crippen molar-refractivity contribution in [2.45, 2.75) is 25.8 Å². The lowest BCUT2D eigenvalue weighted by Gasteiger charge is -2.42. The number of fused-ring (bicyclic) bond motifs is 1. The van der Waals surface area contributed by atoms with E-state index < -0.39 is 0 Å². The fourth-order valence-corrected chi connectivity index (χ4v) is 4.54. The molecule has 3 aromatic carbocycles. The van der Waals surface area contributed by atoms with Gasteiger partial charge in [0.05, 0.1) is 6.54 Å². The fourth-order valence-electron chi connectivity index (χ4n) is 4.54. The first-order valence-corrected chi connectivity index (χ1v) is 10.7. The Balaban J connectivity index is 1.44. The van der Waals surface area contributed by atoms with Crippen molar-refractivity contribution in [2.24, 2.45) is 10.4 Å². The van der Waals surface area contributed by atoms with E-state index in [2.05, 4.69) is 47.0 Å². The Labute approximate surface area is 178 Å². The molecular formula is C26H27N3O. The van der Waals surface area contributed by atoms with Crippen molar-refractivity contribution < 1.29 is 4.74 Å². The first-order chi connectivity index (χ1) is 14.8. The predicted octanol–water partition coefficient (Wildman–Crippen LogP) is 5.42. The molecule has 152 valence electrons. The minimum atomic E-state index is 0.0921. The second-order valence-corrected chi connectivity index (χ2v) is 8.18. The number of aliphatic imine (C=N–C) groups is 1. The first-order valence-electron chi connectivity index (χ1n) is 10.7. The lowest BCUT2D eigenvalue weighted by Crippen LogP contribution is -2.48. The van der Waals surface area contributed by atoms with Gasteiger partial charge in [-0.2, -0.15) is 0 Å². The van der Waals surface area contributed by atoms with Gasteiger partial charge in [-0.3, -0.25) is 4.99 Å². The van der Waals surface area contributed by atoms with Crippen LogP contribution in [-0.2, 0) is 13.0 Å². The Kier molecular flexibility index (Phi) is 5.24. The summed E-state index contributed by atoms with van der Waals surface area (Å²) in [5.74, 6) is 2.83. The second-order valence-electron chi connectivity index (χ2n) is 8.18. The number of nitrogens with one attached hydrogen (secondary N) is 2. The molecule has 4 nitrogen and oxygen atoms in total. The molecule has 0 amide bonds. The number of anilines is 1. The van der Waals surface area contributed by atoms with Crippen LogP contribution in [0.25, 0.3) is 0 Å². The van der Waals surface area contributed by atoms with Crippen molar-refractivity contribution in [3.05, 3.63) is 90.0 Å². The average molecular weight is 398 g/mol. The number of nitrogens with zero attached hydrogens (tertiary/aromatic N) is 1. The third-order valence-electron chi connectivity index (χ3n) is 6.21. The second kappa shape index (κ2) is 8.33. The maximum Gasteiger partial charge on any atom is 0.132 e. The van der Waals surface area contributed by atoms with Crippen LogP contribution in [0.2, 0.25) is 0 Å². The minimum Gasteiger partial charge on any atom is -0.457 e. The number of hydrogen-bond donors (Lipinski definition) is 2. The largest absolute Gasteiger partial charge is 0.457 e. The number of para-hydroxylation sites is 3. The van der Waals surface area contributed by atoms with E-state index in [-0.39, 0.29) is 5.41 Å². The fraction of sp³-hybridized carbons (Fsp3) is 0.269. The van der Waals surface area contributed by atoms with Crippen LogP contribution in [0.5, 0.6) is 11.5 Å². The maximum absolute atomic E-state index is 6.14. The van der Waals surface area contributed by atoms with Crippen LogP contribution in [0.1, 0.15) is 24.0 Å². The quantitative estimate of drug-likeness (QED) is 0.618. The standard InChI is InChI=1S/C26H27N3O/c1-2-10-22(11-3-1)30-24-13-7-5-9-21(24)19-28-25-26(14-16-27-17-15-26)18-20-8-4-6-12-23(20)29-25/h1-13,27H,14-19H2,(H,28,29). The van der Waals surface area contributed by atoms with E-state index in [0.717, 1.165) is 55.3 Å². The summed E-state index contributed by atoms with van der Waals surface area (Å²) >= 11 is 0. The van der Waals surface area contributed by atoms with E-state index in [1.165, 1.54) is 11.3 Å². The molecule has 0 aliphatic carbocycles. The molecule has 3 aromatic rings. The summed E-state index contributed by atoms with van der Waals surface area (Å²) in [6.07, 6.45) is 3.27. The SMILES string of the molecule is c1ccc(Oc2ccccc2CN=C2Nc3ccccc3CC23CCNCC3)cc1. The molecule has 0 saturated carbocycles. The molecule has 1 spiro atoms. The van der Waals surface area contributed by atoms with Gasteiger partial charge in [0.15, 0.2) is 0 Å². The van der Waals surface area contributed by atoms with E-state index in [1.54, 1.807) is 0 Å². The molecule has 2 heterocycles. The number of ether oxygens (including phenoxy) is 1. The van der Waals surface area contributed by atoms with Gasteiger partial charge in [0.25, 0.3) is 0 Å². The Morgan fingerprint density at radius 2 is 1.57 bits per heavy atom. The van der Waals surface area contributed by atoms with Gasteiger partial charge >= 0.3 is 0 Å². The lowest BCUT2D eigenvalue weighted by atomic mass is 9.71. The van der Waals surface area contributed by atoms with Gasteiger partial charge in [0.2, 0.25) is 0 Å². The average Bonchev–Trinajstić information content (AvgIpc) is 2.80. The summed E-state index contributed by atoms with van der Waals surface area (Å²) in [6.45, 7) is 2.68. The van der Waals surface area contributed by atoms with Gasteiger partial charge in [-0.1, -0.05) is 54.6 Å². The summed E-state index contributed by atoms with van der Waals surface area (Å²) in [7, 11) is 0. The van der Waals surface area contributed by atoms with Gasteiger partial charge in [-0.25, -0.2) is 0 Å². The number of rotatable bonds is 4. The number of benzene rings is 3. The molecule has 2 aliphatic heterocycles. The summed E-state index contributed by atoms with van der Waals surface area (Å²) < 4.78 is 6.14. The van der Waals surface area contributed by atoms with Crippen LogP contribution in [0.4, 0.5) is 5.69 Å². The summed E-state index contributed by atoms with van der Waals surface area (Å²) in [5.41, 5.74) is 3.77. The van der Waals surface area contributed by atoms with Crippen LogP contribution in [0.15, 0.2) is 83.9 Å². The molecule has 0 aromatic heterocycles. The molecule has 0 bridgehead atoms. The highest BCUT2D eigenvalue weighted by Crippen LogP contribution is 2.41. The highest BCUT2D eigenvalue weighted by Gasteiger charge is 2.40. The molecule has 30 heavy (non-hydrogen) atoms. The number of piperidine rings is 1. The molecule has 2 aliphatic rings. The number of hydrogen-bond acceptors (Lipinski definition) is 3. The van der Waals surface area contributed by atoms with E-state index in [0.29, 0.717) is 6.54 Å². The van der Waals surface area contributed by atoms with Gasteiger partial charge in [0, 0.05) is 16.7 Å². The monoisotopic (exact) mass is 397 g/mol. The molecule has 0 radical (unpaired) electrons. The zero-order valence-corrected chi connectivity index (χ0v) is 17.1. The van der Waals surface area contributed by atoms with Crippen molar-refractivity contribution in [1.29, 1.82) is 0 Å². The van der Waals surface area contributed by atoms with Crippen molar-refractivity contribution in [1.82, 2.24) is 5.32 Å². The Hall–Kier alpha value is -3.11. The van der Waals surface area contributed by atoms with E-state index in [9.17, 15) is 0 Å². The zero-order valence-electron chi connectivity index (χ0n) is 17.1. The molecule has 1 fully saturated rings. The van der Waals surface area contributed by atoms with Gasteiger partial charge in [-0.05, 0) is 62.2 Å². The van der Waals surface area contributed by atoms with Gasteiger partial charge < -0.3 is 15.4 Å². The molecule has 0 atom stereocenters. The molecule has 2 N–H and O–H groups in total. The molecule has 0 unspecified atom stereocenters. The molecule has 5 rings (SSSR count). The Morgan fingerprint density at radius 1 is 0.833 bits per heavy atom. The summed E-state index contributed by atoms with van der Waals surface area (Å²) in [6, 6.07) is 26.7. The predicted molar refractivity (Wildman–Crippen MR) is 122 cm³/mol. The van der Waals surface area contributed by atoms with Gasteiger partial charge in [-0.15, -0.1) is 0 Å². The minimum absolute atomic E-state index is 0.0921. The Bertz CT molecular complexity index is 1040. The van der Waals surface area contributed by atoms with Crippen molar-refractivity contribution in [3.63, 3.8) is 0 Å². The maximum atomic E-state index is 6.14. The van der Waals surface area contributed by atoms with Crippen LogP contribution in [0.3, 0.4) is 0 Å². The summed E-state index contributed by atoms with van der Waals surface area (Å²) in [4.78, 5) is 5.13. The molecule has 1 saturated heterocycles. The van der Waals surface area contributed by atoms with Crippen molar-refractivity contribution in [2.75, 3.05) is 18.4 Å². The third kappa shape index (κ3) is 3.83. The van der Waals surface area contributed by atoms with Crippen molar-refractivity contribution in [3.8, 4) is 11.5 Å². The van der Waals surface area contributed by atoms with Crippen molar-refractivity contribution >= 4 is 11.5 Å². The molecule has 4 heteroatoms. The van der Waals surface area contributed by atoms with E-state index >= 15 is 0 Å². The Morgan fingerprint density at radius 3 is 2.43 bits per heavy atom. The van der Waals surface area contributed by atoms with Crippen LogP contribution in [0, 0.1) is 5.41 Å². The smallest absolute Gasteiger partial charge is 0.132 e. The number of amidine groups is 1. The zero-order chi connectivity index (χ0) is 20.2. The first kappa shape index (κ1) is 18.9. The highest BCUT2D eigenvalue weighted by molar-refractivity contribution is 6.02. The van der Waals surface area contributed by atoms with E-state index in [1.807, 2.05) is 42.5 Å². The topological polar surface area (TPSA) is 45.6 Å². The van der Waals surface area contributed by atoms with Crippen LogP contribution < -0.4 is 15.4 Å².